The molecule has 0 amide bonds. The van der Waals surface area contributed by atoms with Crippen molar-refractivity contribution in [3.8, 4) is 28.4 Å². The first-order valence-electron chi connectivity index (χ1n) is 13.8. The normalized spacial score (nSPS) is 12.4. The lowest BCUT2D eigenvalue weighted by atomic mass is 9.87. The molecule has 0 saturated carbocycles. The number of hydrogen-bond donors (Lipinski definition) is 0. The average Bonchev–Trinajstić information content (AvgIpc) is 2.89. The maximum Gasteiger partial charge on any atom is 0.206 e. The summed E-state index contributed by atoms with van der Waals surface area (Å²) >= 11 is 0. The van der Waals surface area contributed by atoms with Crippen molar-refractivity contribution >= 4 is 9.84 Å². The molecule has 4 aromatic carbocycles. The molecule has 0 aliphatic heterocycles. The van der Waals surface area contributed by atoms with Crippen molar-refractivity contribution in [2.24, 2.45) is 0 Å². The largest absolute Gasteiger partial charge is 0.488 e. The van der Waals surface area contributed by atoms with Crippen molar-refractivity contribution in [3.63, 3.8) is 0 Å². The van der Waals surface area contributed by atoms with Crippen LogP contribution in [0.25, 0.3) is 11.1 Å². The molecule has 0 bridgehead atoms. The number of hydrogen-bond acceptors (Lipinski definition) is 5. The standard InChI is InChI=1S/C35H41NO4S/c1-34(2,3)28-12-18-31(19-13-28)41(37,38)32-20-16-30(17-21-32)39-29-14-9-25(10-15-29)26-11-22-33(40-35(4,5)6)27(23-26)24-36(7)8/h9-23H,24H2,1-8H3. The molecular formula is C35H41NO4S. The van der Waals surface area contributed by atoms with Crippen LogP contribution in [0.3, 0.4) is 0 Å². The molecule has 4 aromatic rings. The van der Waals surface area contributed by atoms with Crippen LogP contribution >= 0.6 is 0 Å². The highest BCUT2D eigenvalue weighted by molar-refractivity contribution is 7.91. The zero-order valence-electron chi connectivity index (χ0n) is 25.4. The molecule has 0 aromatic heterocycles. The van der Waals surface area contributed by atoms with Crippen molar-refractivity contribution in [2.45, 2.75) is 68.9 Å². The van der Waals surface area contributed by atoms with Crippen molar-refractivity contribution in [3.05, 3.63) is 102 Å². The van der Waals surface area contributed by atoms with E-state index in [1.165, 1.54) is 0 Å². The average molecular weight is 572 g/mol. The van der Waals surface area contributed by atoms with Gasteiger partial charge in [-0.2, -0.15) is 0 Å². The molecule has 0 radical (unpaired) electrons. The predicted molar refractivity (Wildman–Crippen MR) is 167 cm³/mol. The van der Waals surface area contributed by atoms with Crippen LogP contribution in [-0.4, -0.2) is 33.0 Å². The summed E-state index contributed by atoms with van der Waals surface area (Å²) in [6.45, 7) is 13.2. The van der Waals surface area contributed by atoms with Gasteiger partial charge < -0.3 is 14.4 Å². The molecule has 0 saturated heterocycles. The number of benzene rings is 4. The summed E-state index contributed by atoms with van der Waals surface area (Å²) in [5, 5.41) is 0. The lowest BCUT2D eigenvalue weighted by Crippen LogP contribution is -2.24. The van der Waals surface area contributed by atoms with E-state index < -0.39 is 9.84 Å². The summed E-state index contributed by atoms with van der Waals surface area (Å²) in [5.41, 5.74) is 4.06. The summed E-state index contributed by atoms with van der Waals surface area (Å²) < 4.78 is 38.5. The first kappa shape index (κ1) is 30.4. The molecule has 0 fully saturated rings. The minimum Gasteiger partial charge on any atom is -0.488 e. The number of rotatable bonds is 8. The third-order valence-corrected chi connectivity index (χ3v) is 8.34. The molecule has 41 heavy (non-hydrogen) atoms. The number of ether oxygens (including phenoxy) is 2. The van der Waals surface area contributed by atoms with Gasteiger partial charge in [0.25, 0.3) is 0 Å². The maximum atomic E-state index is 13.2. The van der Waals surface area contributed by atoms with Gasteiger partial charge in [0.05, 0.1) is 9.79 Å². The van der Waals surface area contributed by atoms with E-state index in [0.717, 1.165) is 34.5 Å². The lowest BCUT2D eigenvalue weighted by molar-refractivity contribution is 0.128. The van der Waals surface area contributed by atoms with Gasteiger partial charge in [0.1, 0.15) is 22.8 Å². The molecule has 0 aliphatic rings. The Labute approximate surface area is 245 Å². The Hall–Kier alpha value is -3.61. The highest BCUT2D eigenvalue weighted by Crippen LogP contribution is 2.32. The SMILES string of the molecule is CN(C)Cc1cc(-c2ccc(Oc3ccc(S(=O)(=O)c4ccc(C(C)(C)C)cc4)cc3)cc2)ccc1OC(C)(C)C. The van der Waals surface area contributed by atoms with Gasteiger partial charge in [0.15, 0.2) is 0 Å². The highest BCUT2D eigenvalue weighted by atomic mass is 32.2. The molecule has 0 spiro atoms. The molecule has 0 atom stereocenters. The van der Waals surface area contributed by atoms with Crippen LogP contribution in [0.1, 0.15) is 52.7 Å². The Morgan fingerprint density at radius 3 is 1.63 bits per heavy atom. The summed E-state index contributed by atoms with van der Waals surface area (Å²) in [6.07, 6.45) is 0. The van der Waals surface area contributed by atoms with Gasteiger partial charge in [-0.05, 0) is 118 Å². The third-order valence-electron chi connectivity index (χ3n) is 6.55. The molecule has 5 nitrogen and oxygen atoms in total. The fourth-order valence-corrected chi connectivity index (χ4v) is 5.72. The van der Waals surface area contributed by atoms with Crippen molar-refractivity contribution in [1.82, 2.24) is 4.90 Å². The predicted octanol–water partition coefficient (Wildman–Crippen LogP) is 8.52. The van der Waals surface area contributed by atoms with E-state index in [-0.39, 0.29) is 20.8 Å². The molecule has 4 rings (SSSR count). The lowest BCUT2D eigenvalue weighted by Gasteiger charge is -2.25. The number of nitrogens with zero attached hydrogens (tertiary/aromatic N) is 1. The molecular weight excluding hydrogens is 530 g/mol. The van der Waals surface area contributed by atoms with Crippen molar-refractivity contribution in [2.75, 3.05) is 14.1 Å². The smallest absolute Gasteiger partial charge is 0.206 e. The second-order valence-electron chi connectivity index (χ2n) is 12.7. The Balaban J connectivity index is 1.48. The minimum absolute atomic E-state index is 0.0415. The van der Waals surface area contributed by atoms with Crippen LogP contribution in [0, 0.1) is 0 Å². The molecule has 0 N–H and O–H groups in total. The summed E-state index contributed by atoms with van der Waals surface area (Å²) in [4.78, 5) is 2.64. The quantitative estimate of drug-likeness (QED) is 0.212. The van der Waals surface area contributed by atoms with Crippen LogP contribution in [0.2, 0.25) is 0 Å². The van der Waals surface area contributed by atoms with E-state index in [4.69, 9.17) is 9.47 Å². The Bertz CT molecular complexity index is 1570. The van der Waals surface area contributed by atoms with E-state index in [0.29, 0.717) is 11.5 Å². The zero-order valence-corrected chi connectivity index (χ0v) is 26.2. The van der Waals surface area contributed by atoms with Gasteiger partial charge in [-0.1, -0.05) is 51.1 Å². The minimum atomic E-state index is -3.62. The van der Waals surface area contributed by atoms with Gasteiger partial charge in [0.2, 0.25) is 9.84 Å². The first-order chi connectivity index (χ1) is 19.1. The van der Waals surface area contributed by atoms with Gasteiger partial charge in [-0.15, -0.1) is 0 Å². The zero-order chi connectivity index (χ0) is 30.0. The van der Waals surface area contributed by atoms with Crippen LogP contribution < -0.4 is 9.47 Å². The Morgan fingerprint density at radius 2 is 1.15 bits per heavy atom. The monoisotopic (exact) mass is 571 g/mol. The third kappa shape index (κ3) is 7.78. The maximum absolute atomic E-state index is 13.2. The van der Waals surface area contributed by atoms with Crippen LogP contribution in [-0.2, 0) is 21.8 Å². The van der Waals surface area contributed by atoms with Crippen LogP contribution in [0.4, 0.5) is 0 Å². The van der Waals surface area contributed by atoms with Crippen LogP contribution in [0.15, 0.2) is 101 Å². The van der Waals surface area contributed by atoms with E-state index in [1.807, 2.05) is 56.6 Å². The first-order valence-corrected chi connectivity index (χ1v) is 15.3. The topological polar surface area (TPSA) is 55.8 Å². The Kier molecular flexibility index (Phi) is 8.67. The van der Waals surface area contributed by atoms with E-state index >= 15 is 0 Å². The van der Waals surface area contributed by atoms with E-state index in [9.17, 15) is 8.42 Å². The molecule has 0 aliphatic carbocycles. The Morgan fingerprint density at radius 1 is 0.659 bits per heavy atom. The second kappa shape index (κ2) is 11.7. The van der Waals surface area contributed by atoms with E-state index in [1.54, 1.807) is 36.4 Å². The van der Waals surface area contributed by atoms with Crippen molar-refractivity contribution < 1.29 is 17.9 Å². The molecule has 216 valence electrons. The molecule has 0 unspecified atom stereocenters. The van der Waals surface area contributed by atoms with Crippen LogP contribution in [0.5, 0.6) is 17.2 Å². The van der Waals surface area contributed by atoms with Gasteiger partial charge >= 0.3 is 0 Å². The fraction of sp³-hybridized carbons (Fsp3) is 0.314. The summed E-state index contributed by atoms with van der Waals surface area (Å²) in [5.74, 6) is 2.13. The van der Waals surface area contributed by atoms with Crippen molar-refractivity contribution in [1.29, 1.82) is 0 Å². The van der Waals surface area contributed by atoms with Gasteiger partial charge in [-0.3, -0.25) is 0 Å². The fourth-order valence-electron chi connectivity index (χ4n) is 4.46. The number of sulfone groups is 1. The summed E-state index contributed by atoms with van der Waals surface area (Å²) in [7, 11) is 0.476. The second-order valence-corrected chi connectivity index (χ2v) is 14.6. The van der Waals surface area contributed by atoms with Gasteiger partial charge in [0, 0.05) is 12.1 Å². The van der Waals surface area contributed by atoms with Gasteiger partial charge in [-0.25, -0.2) is 8.42 Å². The van der Waals surface area contributed by atoms with E-state index in [2.05, 4.69) is 58.6 Å². The molecule has 6 heteroatoms. The molecule has 0 heterocycles. The summed E-state index contributed by atoms with van der Waals surface area (Å²) in [6, 6.07) is 27.8. The highest BCUT2D eigenvalue weighted by Gasteiger charge is 2.20.